The number of nitrogens with zero attached hydrogens (tertiary/aromatic N) is 1. The fraction of sp³-hybridized carbons (Fsp3) is 0.375. The lowest BCUT2D eigenvalue weighted by atomic mass is 10.1. The van der Waals surface area contributed by atoms with Crippen LogP contribution >= 0.6 is 0 Å². The molecule has 5 heteroatoms. The summed E-state index contributed by atoms with van der Waals surface area (Å²) in [7, 11) is 0. The van der Waals surface area contributed by atoms with Gasteiger partial charge in [-0.3, -0.25) is 9.59 Å². The summed E-state index contributed by atoms with van der Waals surface area (Å²) in [5.74, 6) is -0.434. The number of amides is 1. The Balaban J connectivity index is 2.78. The molecule has 0 fully saturated rings. The van der Waals surface area contributed by atoms with Gasteiger partial charge in [0.25, 0.3) is 5.91 Å². The number of benzene rings is 1. The van der Waals surface area contributed by atoms with E-state index in [1.807, 2.05) is 13.8 Å². The average molecular weight is 291 g/mol. The fourth-order valence-electron chi connectivity index (χ4n) is 1.83. The van der Waals surface area contributed by atoms with Crippen molar-refractivity contribution < 1.29 is 19.4 Å². The quantitative estimate of drug-likeness (QED) is 0.748. The van der Waals surface area contributed by atoms with Crippen molar-refractivity contribution in [2.24, 2.45) is 0 Å². The van der Waals surface area contributed by atoms with Gasteiger partial charge in [0.15, 0.2) is 0 Å². The number of aliphatic carboxylic acids is 1. The van der Waals surface area contributed by atoms with Crippen LogP contribution in [0.4, 0.5) is 0 Å². The molecule has 1 aromatic rings. The van der Waals surface area contributed by atoms with E-state index in [-0.39, 0.29) is 24.9 Å². The molecule has 1 rings (SSSR count). The molecule has 1 amide bonds. The highest BCUT2D eigenvalue weighted by Gasteiger charge is 2.19. The SMILES string of the molecule is C=CCOc1ccc(C(=O)N(CCC(=O)O)C(C)C)cc1. The van der Waals surface area contributed by atoms with E-state index in [2.05, 4.69) is 6.58 Å². The fourth-order valence-corrected chi connectivity index (χ4v) is 1.83. The summed E-state index contributed by atoms with van der Waals surface area (Å²) in [6, 6.07) is 6.72. The van der Waals surface area contributed by atoms with Gasteiger partial charge < -0.3 is 14.7 Å². The van der Waals surface area contributed by atoms with Crippen LogP contribution in [0, 0.1) is 0 Å². The molecule has 0 spiro atoms. The largest absolute Gasteiger partial charge is 0.490 e. The van der Waals surface area contributed by atoms with Crippen molar-refractivity contribution in [1.29, 1.82) is 0 Å². The van der Waals surface area contributed by atoms with Crippen molar-refractivity contribution >= 4 is 11.9 Å². The Bertz CT molecular complexity index is 494. The van der Waals surface area contributed by atoms with E-state index in [1.165, 1.54) is 0 Å². The average Bonchev–Trinajstić information content (AvgIpc) is 2.45. The standard InChI is InChI=1S/C16H21NO4/c1-4-11-21-14-7-5-13(6-8-14)16(20)17(12(2)3)10-9-15(18)19/h4-8,12H,1,9-11H2,2-3H3,(H,18,19). The third-order valence-electron chi connectivity index (χ3n) is 2.92. The monoisotopic (exact) mass is 291 g/mol. The summed E-state index contributed by atoms with van der Waals surface area (Å²) in [6.07, 6.45) is 1.58. The van der Waals surface area contributed by atoms with E-state index in [0.29, 0.717) is 17.9 Å². The number of carbonyl (C=O) groups is 2. The molecule has 1 aromatic carbocycles. The van der Waals surface area contributed by atoms with Gasteiger partial charge in [0.2, 0.25) is 0 Å². The van der Waals surface area contributed by atoms with E-state index in [1.54, 1.807) is 35.2 Å². The van der Waals surface area contributed by atoms with Gasteiger partial charge in [-0.1, -0.05) is 12.7 Å². The van der Waals surface area contributed by atoms with E-state index in [0.717, 1.165) is 0 Å². The van der Waals surface area contributed by atoms with Crippen LogP contribution < -0.4 is 4.74 Å². The van der Waals surface area contributed by atoms with Crippen LogP contribution in [-0.4, -0.2) is 41.1 Å². The summed E-state index contributed by atoms with van der Waals surface area (Å²) in [5, 5.41) is 8.75. The smallest absolute Gasteiger partial charge is 0.305 e. The van der Waals surface area contributed by atoms with Crippen LogP contribution in [0.3, 0.4) is 0 Å². The molecular weight excluding hydrogens is 270 g/mol. The van der Waals surface area contributed by atoms with Gasteiger partial charge in [-0.15, -0.1) is 0 Å². The molecule has 0 bridgehead atoms. The van der Waals surface area contributed by atoms with Crippen LogP contribution in [0.15, 0.2) is 36.9 Å². The van der Waals surface area contributed by atoms with E-state index in [4.69, 9.17) is 9.84 Å². The van der Waals surface area contributed by atoms with Crippen LogP contribution in [0.2, 0.25) is 0 Å². The predicted molar refractivity (Wildman–Crippen MR) is 80.6 cm³/mol. The molecule has 0 unspecified atom stereocenters. The van der Waals surface area contributed by atoms with Gasteiger partial charge in [0.05, 0.1) is 6.42 Å². The van der Waals surface area contributed by atoms with Crippen LogP contribution in [0.1, 0.15) is 30.6 Å². The summed E-state index contributed by atoms with van der Waals surface area (Å²) < 4.78 is 5.36. The highest BCUT2D eigenvalue weighted by Crippen LogP contribution is 2.15. The number of hydrogen-bond donors (Lipinski definition) is 1. The molecule has 0 heterocycles. The van der Waals surface area contributed by atoms with Gasteiger partial charge in [-0.25, -0.2) is 0 Å². The van der Waals surface area contributed by atoms with Crippen molar-refractivity contribution in [2.75, 3.05) is 13.2 Å². The lowest BCUT2D eigenvalue weighted by molar-refractivity contribution is -0.137. The van der Waals surface area contributed by atoms with Crippen molar-refractivity contribution in [2.45, 2.75) is 26.3 Å². The number of ether oxygens (including phenoxy) is 1. The first-order valence-corrected chi connectivity index (χ1v) is 6.82. The zero-order valence-corrected chi connectivity index (χ0v) is 12.4. The van der Waals surface area contributed by atoms with Crippen molar-refractivity contribution in [1.82, 2.24) is 4.90 Å². The highest BCUT2D eigenvalue weighted by molar-refractivity contribution is 5.94. The minimum Gasteiger partial charge on any atom is -0.490 e. The molecule has 0 aliphatic heterocycles. The zero-order chi connectivity index (χ0) is 15.8. The van der Waals surface area contributed by atoms with E-state index >= 15 is 0 Å². The second-order valence-corrected chi connectivity index (χ2v) is 4.86. The predicted octanol–water partition coefficient (Wildman–Crippen LogP) is 2.58. The first kappa shape index (κ1) is 16.8. The number of hydrogen-bond acceptors (Lipinski definition) is 3. The van der Waals surface area contributed by atoms with Crippen LogP contribution in [0.25, 0.3) is 0 Å². The van der Waals surface area contributed by atoms with Crippen molar-refractivity contribution in [3.63, 3.8) is 0 Å². The number of carboxylic acids is 1. The summed E-state index contributed by atoms with van der Waals surface area (Å²) >= 11 is 0. The molecule has 0 aliphatic carbocycles. The van der Waals surface area contributed by atoms with Crippen molar-refractivity contribution in [3.05, 3.63) is 42.5 Å². The molecule has 0 aromatic heterocycles. The number of carbonyl (C=O) groups excluding carboxylic acids is 1. The number of carboxylic acid groups (broad SMARTS) is 1. The molecule has 0 saturated carbocycles. The van der Waals surface area contributed by atoms with E-state index in [9.17, 15) is 9.59 Å². The molecular formula is C16H21NO4. The van der Waals surface area contributed by atoms with Gasteiger partial charge in [0.1, 0.15) is 12.4 Å². The Kier molecular flexibility index (Phi) is 6.46. The maximum Gasteiger partial charge on any atom is 0.305 e. The van der Waals surface area contributed by atoms with Gasteiger partial charge >= 0.3 is 5.97 Å². The minimum atomic E-state index is -0.915. The first-order valence-electron chi connectivity index (χ1n) is 6.82. The van der Waals surface area contributed by atoms with Gasteiger partial charge in [-0.05, 0) is 38.1 Å². The van der Waals surface area contributed by atoms with Crippen molar-refractivity contribution in [3.8, 4) is 5.75 Å². The van der Waals surface area contributed by atoms with Crippen LogP contribution in [0.5, 0.6) is 5.75 Å². The highest BCUT2D eigenvalue weighted by atomic mass is 16.5. The first-order chi connectivity index (χ1) is 9.95. The topological polar surface area (TPSA) is 66.8 Å². The third kappa shape index (κ3) is 5.30. The maximum absolute atomic E-state index is 12.4. The Morgan fingerprint density at radius 3 is 2.43 bits per heavy atom. The third-order valence-corrected chi connectivity index (χ3v) is 2.92. The second-order valence-electron chi connectivity index (χ2n) is 4.86. The molecule has 21 heavy (non-hydrogen) atoms. The Labute approximate surface area is 124 Å². The second kappa shape index (κ2) is 8.09. The molecule has 114 valence electrons. The van der Waals surface area contributed by atoms with Gasteiger partial charge in [0, 0.05) is 18.2 Å². The molecule has 0 saturated heterocycles. The summed E-state index contributed by atoms with van der Waals surface area (Å²) in [5.41, 5.74) is 0.514. The normalized spacial score (nSPS) is 10.2. The Hall–Kier alpha value is -2.30. The van der Waals surface area contributed by atoms with Crippen LogP contribution in [-0.2, 0) is 4.79 Å². The number of rotatable bonds is 8. The van der Waals surface area contributed by atoms with Gasteiger partial charge in [-0.2, -0.15) is 0 Å². The lowest BCUT2D eigenvalue weighted by Crippen LogP contribution is -2.38. The summed E-state index contributed by atoms with van der Waals surface area (Å²) in [6.45, 7) is 7.89. The maximum atomic E-state index is 12.4. The molecule has 1 N–H and O–H groups in total. The Morgan fingerprint density at radius 1 is 1.33 bits per heavy atom. The molecule has 0 radical (unpaired) electrons. The molecule has 0 aliphatic rings. The minimum absolute atomic E-state index is 0.0615. The van der Waals surface area contributed by atoms with E-state index < -0.39 is 5.97 Å². The Morgan fingerprint density at radius 2 is 1.95 bits per heavy atom. The zero-order valence-electron chi connectivity index (χ0n) is 12.4. The lowest BCUT2D eigenvalue weighted by Gasteiger charge is -2.26. The summed E-state index contributed by atoms with van der Waals surface area (Å²) in [4.78, 5) is 24.6. The molecule has 5 nitrogen and oxygen atoms in total. The molecule has 0 atom stereocenters.